The van der Waals surface area contributed by atoms with Gasteiger partial charge in [-0.05, 0) is 50.6 Å². The summed E-state index contributed by atoms with van der Waals surface area (Å²) in [4.78, 5) is 25.9. The molecule has 0 bridgehead atoms. The standard InChI is InChI=1S/C17H18N2O2S/c1-11-4-8-15(12(2)10-11)17(21)19-18-16(20)9-7-14-6-5-13(3)22-14/h4-10H,1-3H3,(H,18,20)(H,19,21)/b9-7+. The Labute approximate surface area is 133 Å². The lowest BCUT2D eigenvalue weighted by atomic mass is 10.1. The second-order valence-electron chi connectivity index (χ2n) is 5.04. The lowest BCUT2D eigenvalue weighted by Gasteiger charge is -2.08. The molecule has 114 valence electrons. The average Bonchev–Trinajstić information content (AvgIpc) is 2.88. The maximum atomic E-state index is 12.0. The zero-order valence-corrected chi connectivity index (χ0v) is 13.6. The molecule has 2 rings (SSSR count). The van der Waals surface area contributed by atoms with Crippen molar-refractivity contribution in [3.05, 3.63) is 62.9 Å². The number of aryl methyl sites for hydroxylation is 3. The van der Waals surface area contributed by atoms with Gasteiger partial charge in [0.1, 0.15) is 0 Å². The molecule has 0 radical (unpaired) electrons. The van der Waals surface area contributed by atoms with Crippen LogP contribution in [0.2, 0.25) is 0 Å². The molecule has 0 aliphatic rings. The van der Waals surface area contributed by atoms with Gasteiger partial charge in [-0.2, -0.15) is 0 Å². The Kier molecular flexibility index (Phi) is 5.12. The third-order valence-corrected chi connectivity index (χ3v) is 4.05. The van der Waals surface area contributed by atoms with Gasteiger partial charge in [0.05, 0.1) is 0 Å². The molecule has 1 aromatic heterocycles. The number of hydrazine groups is 1. The Bertz CT molecular complexity index is 732. The Morgan fingerprint density at radius 3 is 2.45 bits per heavy atom. The first kappa shape index (κ1) is 16.0. The molecule has 0 fully saturated rings. The third-order valence-electron chi connectivity index (χ3n) is 3.09. The van der Waals surface area contributed by atoms with Crippen LogP contribution in [-0.2, 0) is 4.79 Å². The summed E-state index contributed by atoms with van der Waals surface area (Å²) < 4.78 is 0. The van der Waals surface area contributed by atoms with E-state index in [4.69, 9.17) is 0 Å². The van der Waals surface area contributed by atoms with Crippen LogP contribution >= 0.6 is 11.3 Å². The van der Waals surface area contributed by atoms with Crippen LogP contribution in [0.4, 0.5) is 0 Å². The minimum atomic E-state index is -0.371. The van der Waals surface area contributed by atoms with Crippen molar-refractivity contribution in [1.82, 2.24) is 10.9 Å². The van der Waals surface area contributed by atoms with E-state index in [1.54, 1.807) is 23.5 Å². The largest absolute Gasteiger partial charge is 0.269 e. The highest BCUT2D eigenvalue weighted by molar-refractivity contribution is 7.12. The monoisotopic (exact) mass is 314 g/mol. The minimum Gasteiger partial charge on any atom is -0.268 e. The maximum absolute atomic E-state index is 12.0. The van der Waals surface area contributed by atoms with E-state index >= 15 is 0 Å². The van der Waals surface area contributed by atoms with E-state index in [2.05, 4.69) is 10.9 Å². The van der Waals surface area contributed by atoms with Crippen LogP contribution in [0.5, 0.6) is 0 Å². The summed E-state index contributed by atoms with van der Waals surface area (Å²) in [5.41, 5.74) is 7.30. The van der Waals surface area contributed by atoms with Crippen molar-refractivity contribution in [1.29, 1.82) is 0 Å². The summed E-state index contributed by atoms with van der Waals surface area (Å²) in [6, 6.07) is 9.47. The van der Waals surface area contributed by atoms with E-state index < -0.39 is 0 Å². The van der Waals surface area contributed by atoms with Gasteiger partial charge in [-0.3, -0.25) is 20.4 Å². The normalized spacial score (nSPS) is 10.7. The predicted molar refractivity (Wildman–Crippen MR) is 89.6 cm³/mol. The van der Waals surface area contributed by atoms with Gasteiger partial charge in [-0.1, -0.05) is 17.7 Å². The molecule has 2 aromatic rings. The fourth-order valence-electron chi connectivity index (χ4n) is 2.00. The summed E-state index contributed by atoms with van der Waals surface area (Å²) in [6.07, 6.45) is 3.11. The lowest BCUT2D eigenvalue weighted by Crippen LogP contribution is -2.41. The van der Waals surface area contributed by atoms with Crippen molar-refractivity contribution >= 4 is 29.2 Å². The molecule has 5 heteroatoms. The topological polar surface area (TPSA) is 58.2 Å². The molecule has 0 unspecified atom stereocenters. The smallest absolute Gasteiger partial charge is 0.268 e. The van der Waals surface area contributed by atoms with Crippen molar-refractivity contribution in [3.63, 3.8) is 0 Å². The number of thiophene rings is 1. The molecule has 0 saturated carbocycles. The first-order valence-corrected chi connectivity index (χ1v) is 7.69. The van der Waals surface area contributed by atoms with E-state index in [-0.39, 0.29) is 11.8 Å². The van der Waals surface area contributed by atoms with Gasteiger partial charge >= 0.3 is 0 Å². The van der Waals surface area contributed by atoms with Gasteiger partial charge in [0, 0.05) is 21.4 Å². The Hall–Kier alpha value is -2.40. The van der Waals surface area contributed by atoms with Crippen LogP contribution in [-0.4, -0.2) is 11.8 Å². The number of nitrogens with one attached hydrogen (secondary N) is 2. The quantitative estimate of drug-likeness (QED) is 0.675. The highest BCUT2D eigenvalue weighted by Gasteiger charge is 2.09. The van der Waals surface area contributed by atoms with Gasteiger partial charge in [-0.25, -0.2) is 0 Å². The zero-order chi connectivity index (χ0) is 16.1. The van der Waals surface area contributed by atoms with E-state index in [1.807, 2.05) is 45.0 Å². The zero-order valence-electron chi connectivity index (χ0n) is 12.8. The van der Waals surface area contributed by atoms with Crippen molar-refractivity contribution in [2.24, 2.45) is 0 Å². The molecular formula is C17H18N2O2S. The Morgan fingerprint density at radius 2 is 1.82 bits per heavy atom. The van der Waals surface area contributed by atoms with E-state index in [9.17, 15) is 9.59 Å². The van der Waals surface area contributed by atoms with Crippen LogP contribution in [0.1, 0.15) is 31.2 Å². The highest BCUT2D eigenvalue weighted by Crippen LogP contribution is 2.16. The number of hydrogen-bond donors (Lipinski definition) is 2. The molecule has 0 spiro atoms. The molecule has 2 N–H and O–H groups in total. The van der Waals surface area contributed by atoms with Gasteiger partial charge in [-0.15, -0.1) is 11.3 Å². The number of carbonyl (C=O) groups excluding carboxylic acids is 2. The second-order valence-corrected chi connectivity index (χ2v) is 6.36. The van der Waals surface area contributed by atoms with E-state index in [0.29, 0.717) is 5.56 Å². The number of rotatable bonds is 3. The number of carbonyl (C=O) groups is 2. The summed E-state index contributed by atoms with van der Waals surface area (Å²) in [7, 11) is 0. The molecule has 2 amide bonds. The van der Waals surface area contributed by atoms with E-state index in [1.165, 1.54) is 11.0 Å². The van der Waals surface area contributed by atoms with Crippen LogP contribution < -0.4 is 10.9 Å². The summed E-state index contributed by atoms with van der Waals surface area (Å²) in [5.74, 6) is -0.699. The third kappa shape index (κ3) is 4.30. The van der Waals surface area contributed by atoms with Gasteiger partial charge < -0.3 is 0 Å². The van der Waals surface area contributed by atoms with Crippen LogP contribution in [0, 0.1) is 20.8 Å². The van der Waals surface area contributed by atoms with Crippen molar-refractivity contribution < 1.29 is 9.59 Å². The van der Waals surface area contributed by atoms with Crippen molar-refractivity contribution in [2.45, 2.75) is 20.8 Å². The molecular weight excluding hydrogens is 296 g/mol. The SMILES string of the molecule is Cc1ccc(C(=O)NNC(=O)/C=C/c2ccc(C)s2)c(C)c1. The van der Waals surface area contributed by atoms with Gasteiger partial charge in [0.25, 0.3) is 11.8 Å². The molecule has 1 heterocycles. The maximum Gasteiger partial charge on any atom is 0.269 e. The predicted octanol–water partition coefficient (Wildman–Crippen LogP) is 3.15. The molecule has 0 atom stereocenters. The van der Waals surface area contributed by atoms with Gasteiger partial charge in [0.15, 0.2) is 0 Å². The first-order valence-electron chi connectivity index (χ1n) is 6.88. The summed E-state index contributed by atoms with van der Waals surface area (Å²) in [5, 5.41) is 0. The summed E-state index contributed by atoms with van der Waals surface area (Å²) >= 11 is 1.60. The number of benzene rings is 1. The second kappa shape index (κ2) is 7.04. The first-order chi connectivity index (χ1) is 10.5. The van der Waals surface area contributed by atoms with Crippen molar-refractivity contribution in [3.8, 4) is 0 Å². The Balaban J connectivity index is 1.90. The van der Waals surface area contributed by atoms with E-state index in [0.717, 1.165) is 16.0 Å². The van der Waals surface area contributed by atoms with Crippen LogP contribution in [0.15, 0.2) is 36.4 Å². The molecule has 4 nitrogen and oxygen atoms in total. The number of hydrogen-bond acceptors (Lipinski definition) is 3. The molecule has 0 aliphatic carbocycles. The molecule has 22 heavy (non-hydrogen) atoms. The van der Waals surface area contributed by atoms with Crippen LogP contribution in [0.25, 0.3) is 6.08 Å². The van der Waals surface area contributed by atoms with Crippen molar-refractivity contribution in [2.75, 3.05) is 0 Å². The molecule has 0 saturated heterocycles. The average molecular weight is 314 g/mol. The van der Waals surface area contributed by atoms with Crippen LogP contribution in [0.3, 0.4) is 0 Å². The Morgan fingerprint density at radius 1 is 1.05 bits per heavy atom. The fraction of sp³-hybridized carbons (Fsp3) is 0.176. The fourth-order valence-corrected chi connectivity index (χ4v) is 2.78. The lowest BCUT2D eigenvalue weighted by molar-refractivity contribution is -0.117. The minimum absolute atomic E-state index is 0.328. The number of amides is 2. The highest BCUT2D eigenvalue weighted by atomic mass is 32.1. The van der Waals surface area contributed by atoms with Gasteiger partial charge in [0.2, 0.25) is 0 Å². The summed E-state index contributed by atoms with van der Waals surface area (Å²) in [6.45, 7) is 5.84. The molecule has 1 aromatic carbocycles. The molecule has 0 aliphatic heterocycles.